The van der Waals surface area contributed by atoms with Crippen molar-refractivity contribution in [3.8, 4) is 5.75 Å². The molecule has 0 atom stereocenters. The Morgan fingerprint density at radius 2 is 1.70 bits per heavy atom. The van der Waals surface area contributed by atoms with Gasteiger partial charge >= 0.3 is 29.9 Å². The van der Waals surface area contributed by atoms with Crippen molar-refractivity contribution >= 4 is 11.9 Å². The summed E-state index contributed by atoms with van der Waals surface area (Å²) in [6.45, 7) is 3.23. The minimum Gasteiger partial charge on any atom is -0.486 e. The van der Waals surface area contributed by atoms with Crippen LogP contribution in [0.25, 0.3) is 0 Å². The van der Waals surface area contributed by atoms with Crippen molar-refractivity contribution in [2.24, 2.45) is 0 Å². The Balaban J connectivity index is 2.50. The molecule has 0 aromatic heterocycles. The van der Waals surface area contributed by atoms with Crippen LogP contribution in [0.1, 0.15) is 36.2 Å². The summed E-state index contributed by atoms with van der Waals surface area (Å²) >= 11 is 0. The van der Waals surface area contributed by atoms with Crippen LogP contribution >= 0.6 is 0 Å². The van der Waals surface area contributed by atoms with Crippen LogP contribution in [-0.2, 0) is 16.0 Å². The molecule has 0 saturated carbocycles. The highest BCUT2D eigenvalue weighted by molar-refractivity contribution is 5.94. The number of carboxylic acids is 1. The van der Waals surface area contributed by atoms with Crippen molar-refractivity contribution in [1.29, 1.82) is 0 Å². The molecule has 1 aliphatic heterocycles. The van der Waals surface area contributed by atoms with E-state index in [4.69, 9.17) is 9.84 Å². The third-order valence-corrected chi connectivity index (χ3v) is 3.89. The monoisotopic (exact) mass is 400 g/mol. The van der Waals surface area contributed by atoms with E-state index in [0.717, 1.165) is 6.07 Å². The molecular weight excluding hydrogens is 386 g/mol. The summed E-state index contributed by atoms with van der Waals surface area (Å²) in [5.74, 6) is -4.62. The van der Waals surface area contributed by atoms with E-state index in [2.05, 4.69) is 4.74 Å². The summed E-state index contributed by atoms with van der Waals surface area (Å²) in [4.78, 5) is 22.9. The van der Waals surface area contributed by atoms with Gasteiger partial charge in [-0.3, -0.25) is 4.79 Å². The van der Waals surface area contributed by atoms with Crippen LogP contribution in [0.4, 0.5) is 26.3 Å². The topological polar surface area (TPSA) is 72.8 Å². The van der Waals surface area contributed by atoms with Gasteiger partial charge in [0.05, 0.1) is 0 Å². The highest BCUT2D eigenvalue weighted by Crippen LogP contribution is 2.49. The predicted molar refractivity (Wildman–Crippen MR) is 77.4 cm³/mol. The number of hydrogen-bond donors (Lipinski definition) is 1. The Bertz CT molecular complexity index is 752. The number of para-hydroxylation sites is 1. The van der Waals surface area contributed by atoms with Crippen LogP contribution in [-0.4, -0.2) is 40.6 Å². The fourth-order valence-corrected chi connectivity index (χ4v) is 2.72. The molecule has 27 heavy (non-hydrogen) atoms. The average molecular weight is 400 g/mol. The van der Waals surface area contributed by atoms with Gasteiger partial charge in [0.1, 0.15) is 23.3 Å². The molecule has 1 N–H and O–H groups in total. The Kier molecular flexibility index (Phi) is 4.87. The number of hydrogen-bond acceptors (Lipinski definition) is 4. The molecule has 2 rings (SSSR count). The quantitative estimate of drug-likeness (QED) is 0.613. The van der Waals surface area contributed by atoms with Crippen molar-refractivity contribution in [1.82, 2.24) is 0 Å². The van der Waals surface area contributed by atoms with E-state index in [9.17, 15) is 35.9 Å². The third kappa shape index (κ3) is 3.81. The maximum absolute atomic E-state index is 13.2. The molecule has 150 valence electrons. The number of halogens is 6. The number of alkyl halides is 6. The van der Waals surface area contributed by atoms with Gasteiger partial charge in [0.15, 0.2) is 0 Å². The molecule has 5 nitrogen and oxygen atoms in total. The average Bonchev–Trinajstić information content (AvgIpc) is 2.76. The van der Waals surface area contributed by atoms with E-state index in [-0.39, 0.29) is 12.2 Å². The Hall–Kier alpha value is -2.46. The van der Waals surface area contributed by atoms with Crippen molar-refractivity contribution in [2.45, 2.75) is 50.2 Å². The van der Waals surface area contributed by atoms with Gasteiger partial charge in [0, 0.05) is 6.42 Å². The normalized spacial score (nSPS) is 16.4. The number of carbonyl (C=O) groups is 2. The van der Waals surface area contributed by atoms with Crippen molar-refractivity contribution in [2.75, 3.05) is 0 Å². The minimum absolute atomic E-state index is 0.193. The fraction of sp³-hybridized carbons (Fsp3) is 0.500. The molecule has 0 saturated heterocycles. The highest BCUT2D eigenvalue weighted by atomic mass is 19.4. The van der Waals surface area contributed by atoms with Gasteiger partial charge in [-0.05, 0) is 25.5 Å². The third-order valence-electron chi connectivity index (χ3n) is 3.89. The molecule has 0 amide bonds. The molecule has 0 bridgehead atoms. The maximum atomic E-state index is 13.2. The lowest BCUT2D eigenvalue weighted by atomic mass is 9.97. The lowest BCUT2D eigenvalue weighted by Gasteiger charge is -2.35. The number of esters is 1. The SMILES string of the molecule is CC1(C)Cc2cccc(C(=O)OC(CC(=O)O)(C(F)(F)F)C(F)(F)F)c2O1. The largest absolute Gasteiger partial charge is 0.486 e. The second-order valence-corrected chi connectivity index (χ2v) is 6.61. The van der Waals surface area contributed by atoms with Gasteiger partial charge < -0.3 is 14.6 Å². The minimum atomic E-state index is -6.21. The molecule has 1 heterocycles. The summed E-state index contributed by atoms with van der Waals surface area (Å²) in [5.41, 5.74) is -6.27. The zero-order valence-electron chi connectivity index (χ0n) is 14.0. The number of fused-ring (bicyclic) bond motifs is 1. The lowest BCUT2D eigenvalue weighted by Crippen LogP contribution is -2.60. The van der Waals surface area contributed by atoms with E-state index in [1.165, 1.54) is 12.1 Å². The van der Waals surface area contributed by atoms with Crippen LogP contribution in [0.2, 0.25) is 0 Å². The van der Waals surface area contributed by atoms with Gasteiger partial charge in [-0.15, -0.1) is 0 Å². The van der Waals surface area contributed by atoms with E-state index in [1.54, 1.807) is 13.8 Å². The summed E-state index contributed by atoms with van der Waals surface area (Å²) in [6.07, 6.45) is -14.7. The molecule has 1 aromatic carbocycles. The molecule has 1 aliphatic rings. The van der Waals surface area contributed by atoms with Crippen LogP contribution in [0.3, 0.4) is 0 Å². The number of carbonyl (C=O) groups excluding carboxylic acids is 1. The second-order valence-electron chi connectivity index (χ2n) is 6.61. The first-order chi connectivity index (χ1) is 12.1. The zero-order valence-corrected chi connectivity index (χ0v) is 14.0. The van der Waals surface area contributed by atoms with Crippen LogP contribution in [0.5, 0.6) is 5.75 Å². The highest BCUT2D eigenvalue weighted by Gasteiger charge is 2.75. The van der Waals surface area contributed by atoms with E-state index < -0.39 is 47.5 Å². The van der Waals surface area contributed by atoms with Gasteiger partial charge in [0.25, 0.3) is 0 Å². The van der Waals surface area contributed by atoms with Gasteiger partial charge in [0.2, 0.25) is 0 Å². The Morgan fingerprint density at radius 3 is 2.19 bits per heavy atom. The summed E-state index contributed by atoms with van der Waals surface area (Å²) < 4.78 is 88.5. The number of aliphatic carboxylic acids is 1. The number of carboxylic acid groups (broad SMARTS) is 1. The summed E-state index contributed by atoms with van der Waals surface area (Å²) in [5, 5.41) is 8.57. The summed E-state index contributed by atoms with van der Waals surface area (Å²) in [6, 6.07) is 3.69. The number of rotatable bonds is 4. The first-order valence-corrected chi connectivity index (χ1v) is 7.49. The molecule has 0 spiro atoms. The van der Waals surface area contributed by atoms with Gasteiger partial charge in [-0.2, -0.15) is 26.3 Å². The second kappa shape index (κ2) is 6.31. The molecule has 1 aromatic rings. The van der Waals surface area contributed by atoms with E-state index >= 15 is 0 Å². The molecule has 0 fully saturated rings. The Labute approximate surface area is 148 Å². The Morgan fingerprint density at radius 1 is 1.15 bits per heavy atom. The van der Waals surface area contributed by atoms with E-state index in [0.29, 0.717) is 5.56 Å². The van der Waals surface area contributed by atoms with Crippen molar-refractivity contribution < 1.29 is 50.5 Å². The molecular formula is C16H14F6O5. The fourth-order valence-electron chi connectivity index (χ4n) is 2.72. The van der Waals surface area contributed by atoms with E-state index in [1.807, 2.05) is 0 Å². The van der Waals surface area contributed by atoms with Gasteiger partial charge in [-0.1, -0.05) is 12.1 Å². The molecule has 0 unspecified atom stereocenters. The summed E-state index contributed by atoms with van der Waals surface area (Å²) in [7, 11) is 0. The zero-order chi connectivity index (χ0) is 20.8. The standard InChI is InChI=1S/C16H14F6O5/c1-13(2)6-8-4-3-5-9(11(8)26-13)12(25)27-14(7-10(23)24,15(17,18)19)16(20,21)22/h3-5H,6-7H2,1-2H3,(H,23,24). The van der Waals surface area contributed by atoms with Gasteiger partial charge in [-0.25, -0.2) is 4.79 Å². The smallest absolute Gasteiger partial charge is 0.438 e. The maximum Gasteiger partial charge on any atom is 0.438 e. The van der Waals surface area contributed by atoms with Crippen molar-refractivity contribution in [3.05, 3.63) is 29.3 Å². The number of benzene rings is 1. The first kappa shape index (κ1) is 20.8. The number of ether oxygens (including phenoxy) is 2. The molecule has 0 radical (unpaired) electrons. The lowest BCUT2D eigenvalue weighted by molar-refractivity contribution is -0.365. The van der Waals surface area contributed by atoms with Crippen LogP contribution in [0.15, 0.2) is 18.2 Å². The first-order valence-electron chi connectivity index (χ1n) is 7.49. The van der Waals surface area contributed by atoms with Crippen LogP contribution < -0.4 is 4.74 Å². The molecule has 0 aliphatic carbocycles. The van der Waals surface area contributed by atoms with Crippen LogP contribution in [0, 0.1) is 0 Å². The predicted octanol–water partition coefficient (Wildman–Crippen LogP) is 3.90. The molecule has 11 heteroatoms. The van der Waals surface area contributed by atoms with Crippen molar-refractivity contribution in [3.63, 3.8) is 0 Å².